The summed E-state index contributed by atoms with van der Waals surface area (Å²) in [5.41, 5.74) is -0.245. The summed E-state index contributed by atoms with van der Waals surface area (Å²) >= 11 is 0. The number of carboxylic acid groups (broad SMARTS) is 1. The summed E-state index contributed by atoms with van der Waals surface area (Å²) in [6.45, 7) is 10.5. The fourth-order valence-electron chi connectivity index (χ4n) is 1.88. The zero-order valence-corrected chi connectivity index (χ0v) is 12.7. The van der Waals surface area contributed by atoms with Gasteiger partial charge in [-0.25, -0.2) is 4.79 Å². The lowest BCUT2D eigenvalue weighted by molar-refractivity contribution is -0.137. The van der Waals surface area contributed by atoms with Gasteiger partial charge in [0.15, 0.2) is 0 Å². The third-order valence-electron chi connectivity index (χ3n) is 2.96. The minimum atomic E-state index is -0.760. The molecule has 1 atom stereocenters. The minimum absolute atomic E-state index is 0.173. The van der Waals surface area contributed by atoms with E-state index in [-0.39, 0.29) is 18.0 Å². The number of aliphatic carboxylic acids is 1. The highest BCUT2D eigenvalue weighted by molar-refractivity contribution is 5.74. The van der Waals surface area contributed by atoms with Crippen LogP contribution < -0.4 is 10.6 Å². The van der Waals surface area contributed by atoms with Crippen molar-refractivity contribution >= 4 is 12.0 Å². The Morgan fingerprint density at radius 1 is 1.16 bits per heavy atom. The predicted molar refractivity (Wildman–Crippen MR) is 76.1 cm³/mol. The first-order valence-electron chi connectivity index (χ1n) is 6.89. The number of rotatable bonds is 7. The molecule has 1 unspecified atom stereocenters. The monoisotopic (exact) mass is 272 g/mol. The Labute approximate surface area is 116 Å². The molecule has 0 saturated heterocycles. The van der Waals surface area contributed by atoms with Crippen molar-refractivity contribution in [1.82, 2.24) is 10.6 Å². The molecule has 5 nitrogen and oxygen atoms in total. The van der Waals surface area contributed by atoms with E-state index in [1.54, 1.807) is 0 Å². The standard InChI is InChI=1S/C14H28N2O3/c1-10(2)11(6-7-12(17)18)8-9-15-13(19)16-14(3,4)5/h10-11H,6-9H2,1-5H3,(H,17,18)(H2,15,16,19). The molecule has 0 spiro atoms. The molecular weight excluding hydrogens is 244 g/mol. The van der Waals surface area contributed by atoms with Crippen molar-refractivity contribution in [3.63, 3.8) is 0 Å². The Morgan fingerprint density at radius 2 is 1.74 bits per heavy atom. The maximum absolute atomic E-state index is 11.6. The first-order chi connectivity index (χ1) is 8.61. The fraction of sp³-hybridized carbons (Fsp3) is 0.857. The lowest BCUT2D eigenvalue weighted by Gasteiger charge is -2.23. The Morgan fingerprint density at radius 3 is 2.16 bits per heavy atom. The molecule has 19 heavy (non-hydrogen) atoms. The van der Waals surface area contributed by atoms with Crippen molar-refractivity contribution in [1.29, 1.82) is 0 Å². The molecule has 0 aromatic carbocycles. The van der Waals surface area contributed by atoms with E-state index in [9.17, 15) is 9.59 Å². The van der Waals surface area contributed by atoms with Crippen molar-refractivity contribution in [2.75, 3.05) is 6.54 Å². The SMILES string of the molecule is CC(C)C(CCNC(=O)NC(C)(C)C)CCC(=O)O. The number of hydrogen-bond donors (Lipinski definition) is 3. The van der Waals surface area contributed by atoms with Crippen LogP contribution in [0.1, 0.15) is 53.9 Å². The van der Waals surface area contributed by atoms with E-state index in [4.69, 9.17) is 5.11 Å². The van der Waals surface area contributed by atoms with Crippen molar-refractivity contribution in [3.05, 3.63) is 0 Å². The molecule has 0 aromatic heterocycles. The van der Waals surface area contributed by atoms with E-state index in [0.717, 1.165) is 6.42 Å². The van der Waals surface area contributed by atoms with Crippen LogP contribution in [0.2, 0.25) is 0 Å². The van der Waals surface area contributed by atoms with Gasteiger partial charge in [0, 0.05) is 18.5 Å². The number of carbonyl (C=O) groups is 2. The molecule has 0 saturated carbocycles. The van der Waals surface area contributed by atoms with Crippen molar-refractivity contribution < 1.29 is 14.7 Å². The Balaban J connectivity index is 3.99. The second-order valence-electron chi connectivity index (χ2n) is 6.36. The van der Waals surface area contributed by atoms with Crippen LogP contribution in [-0.2, 0) is 4.79 Å². The zero-order valence-electron chi connectivity index (χ0n) is 12.7. The minimum Gasteiger partial charge on any atom is -0.481 e. The van der Waals surface area contributed by atoms with E-state index in [2.05, 4.69) is 24.5 Å². The number of carboxylic acids is 1. The summed E-state index contributed by atoms with van der Waals surface area (Å²) in [4.78, 5) is 22.1. The quantitative estimate of drug-likeness (QED) is 0.666. The highest BCUT2D eigenvalue weighted by Gasteiger charge is 2.16. The first-order valence-corrected chi connectivity index (χ1v) is 6.89. The van der Waals surface area contributed by atoms with Crippen LogP contribution in [0, 0.1) is 11.8 Å². The van der Waals surface area contributed by atoms with Crippen LogP contribution in [0.25, 0.3) is 0 Å². The topological polar surface area (TPSA) is 78.4 Å². The predicted octanol–water partition coefficient (Wildman–Crippen LogP) is 2.61. The number of hydrogen-bond acceptors (Lipinski definition) is 2. The summed E-state index contributed by atoms with van der Waals surface area (Å²) in [6, 6.07) is -0.173. The van der Waals surface area contributed by atoms with E-state index in [1.165, 1.54) is 0 Å². The molecule has 0 fully saturated rings. The van der Waals surface area contributed by atoms with Gasteiger partial charge in [-0.05, 0) is 45.4 Å². The Kier molecular flexibility index (Phi) is 7.49. The second kappa shape index (κ2) is 8.02. The Hall–Kier alpha value is -1.26. The number of carbonyl (C=O) groups excluding carboxylic acids is 1. The summed E-state index contributed by atoms with van der Waals surface area (Å²) in [5, 5.41) is 14.3. The van der Waals surface area contributed by atoms with Gasteiger partial charge in [-0.15, -0.1) is 0 Å². The third-order valence-corrected chi connectivity index (χ3v) is 2.96. The zero-order chi connectivity index (χ0) is 15.1. The summed E-state index contributed by atoms with van der Waals surface area (Å²) < 4.78 is 0. The smallest absolute Gasteiger partial charge is 0.315 e. The summed E-state index contributed by atoms with van der Waals surface area (Å²) in [5.74, 6) is -0.0121. The average Bonchev–Trinajstić information content (AvgIpc) is 2.19. The highest BCUT2D eigenvalue weighted by atomic mass is 16.4. The number of urea groups is 1. The lowest BCUT2D eigenvalue weighted by Crippen LogP contribution is -2.46. The molecule has 0 heterocycles. The van der Waals surface area contributed by atoms with Crippen LogP contribution in [-0.4, -0.2) is 29.2 Å². The fourth-order valence-corrected chi connectivity index (χ4v) is 1.88. The molecule has 2 amide bonds. The maximum atomic E-state index is 11.6. The van der Waals surface area contributed by atoms with E-state index in [1.807, 2.05) is 20.8 Å². The van der Waals surface area contributed by atoms with Crippen molar-refractivity contribution in [3.8, 4) is 0 Å². The van der Waals surface area contributed by atoms with Crippen LogP contribution in [0.3, 0.4) is 0 Å². The van der Waals surface area contributed by atoms with Crippen molar-refractivity contribution in [2.24, 2.45) is 11.8 Å². The van der Waals surface area contributed by atoms with Crippen molar-refractivity contribution in [2.45, 2.75) is 59.4 Å². The Bertz CT molecular complexity index is 296. The van der Waals surface area contributed by atoms with Gasteiger partial charge in [0.25, 0.3) is 0 Å². The van der Waals surface area contributed by atoms with Crippen LogP contribution in [0.4, 0.5) is 4.79 Å². The summed E-state index contributed by atoms with van der Waals surface area (Å²) in [6.07, 6.45) is 1.66. The maximum Gasteiger partial charge on any atom is 0.315 e. The molecule has 0 aliphatic carbocycles. The van der Waals surface area contributed by atoms with Gasteiger partial charge in [0.2, 0.25) is 0 Å². The molecule has 3 N–H and O–H groups in total. The van der Waals surface area contributed by atoms with Gasteiger partial charge in [0.1, 0.15) is 0 Å². The molecule has 0 aliphatic rings. The molecule has 0 aromatic rings. The second-order valence-corrected chi connectivity index (χ2v) is 6.36. The largest absolute Gasteiger partial charge is 0.481 e. The molecule has 0 rings (SSSR count). The van der Waals surface area contributed by atoms with Gasteiger partial charge in [-0.1, -0.05) is 13.8 Å². The number of amides is 2. The first kappa shape index (κ1) is 17.7. The van der Waals surface area contributed by atoms with Gasteiger partial charge >= 0.3 is 12.0 Å². The van der Waals surface area contributed by atoms with Crippen LogP contribution in [0.5, 0.6) is 0 Å². The van der Waals surface area contributed by atoms with E-state index < -0.39 is 5.97 Å². The summed E-state index contributed by atoms with van der Waals surface area (Å²) in [7, 11) is 0. The molecule has 0 bridgehead atoms. The molecule has 0 aliphatic heterocycles. The normalized spacial score (nSPS) is 13.2. The van der Waals surface area contributed by atoms with Gasteiger partial charge in [-0.2, -0.15) is 0 Å². The molecular formula is C14H28N2O3. The number of nitrogens with one attached hydrogen (secondary N) is 2. The average molecular weight is 272 g/mol. The van der Waals surface area contributed by atoms with E-state index >= 15 is 0 Å². The van der Waals surface area contributed by atoms with Crippen LogP contribution >= 0.6 is 0 Å². The highest BCUT2D eigenvalue weighted by Crippen LogP contribution is 2.20. The lowest BCUT2D eigenvalue weighted by atomic mass is 9.88. The molecule has 5 heteroatoms. The van der Waals surface area contributed by atoms with E-state index in [0.29, 0.717) is 24.8 Å². The van der Waals surface area contributed by atoms with Gasteiger partial charge in [0.05, 0.1) is 0 Å². The third kappa shape index (κ3) is 10.4. The van der Waals surface area contributed by atoms with Gasteiger partial charge < -0.3 is 15.7 Å². The molecule has 112 valence electrons. The van der Waals surface area contributed by atoms with Crippen LogP contribution in [0.15, 0.2) is 0 Å². The van der Waals surface area contributed by atoms with Gasteiger partial charge in [-0.3, -0.25) is 4.79 Å². The molecule has 0 radical (unpaired) electrons.